The lowest BCUT2D eigenvalue weighted by molar-refractivity contribution is 0.205. The van der Waals surface area contributed by atoms with Crippen molar-refractivity contribution in [2.24, 2.45) is 5.14 Å². The molecule has 0 aliphatic carbocycles. The lowest BCUT2D eigenvalue weighted by atomic mass is 9.89. The molecule has 0 aromatic heterocycles. The third-order valence-corrected chi connectivity index (χ3v) is 5.77. The molecule has 0 saturated heterocycles. The Kier molecular flexibility index (Phi) is 4.58. The molecule has 2 aromatic carbocycles. The Morgan fingerprint density at radius 2 is 2.12 bits per heavy atom. The molecule has 0 spiro atoms. The van der Waals surface area contributed by atoms with E-state index in [0.717, 1.165) is 22.4 Å². The molecule has 2 atom stereocenters. The average molecular weight is 359 g/mol. The van der Waals surface area contributed by atoms with Gasteiger partial charge in [-0.05, 0) is 30.2 Å². The first kappa shape index (κ1) is 17.5. The van der Waals surface area contributed by atoms with Gasteiger partial charge in [0.25, 0.3) is 0 Å². The summed E-state index contributed by atoms with van der Waals surface area (Å²) < 4.78 is 35.0. The molecule has 0 fully saturated rings. The molecule has 25 heavy (non-hydrogen) atoms. The van der Waals surface area contributed by atoms with Crippen molar-refractivity contribution in [1.82, 2.24) is 0 Å². The molecule has 2 unspecified atom stereocenters. The van der Waals surface area contributed by atoms with Gasteiger partial charge in [0.15, 0.2) is 0 Å². The zero-order valence-corrected chi connectivity index (χ0v) is 15.0. The van der Waals surface area contributed by atoms with Gasteiger partial charge in [0, 0.05) is 12.0 Å². The van der Waals surface area contributed by atoms with Crippen molar-refractivity contribution in [2.75, 3.05) is 7.11 Å². The smallest absolute Gasteiger partial charge is 0.215 e. The Balaban J connectivity index is 2.21. The van der Waals surface area contributed by atoms with Crippen molar-refractivity contribution in [3.05, 3.63) is 60.2 Å². The molecule has 2 aromatic rings. The maximum Gasteiger partial charge on any atom is 0.215 e. The number of fused-ring (bicyclic) bond motifs is 3. The molecule has 0 amide bonds. The third-order valence-electron chi connectivity index (χ3n) is 4.51. The molecule has 132 valence electrons. The molecule has 0 radical (unpaired) electrons. The van der Waals surface area contributed by atoms with Crippen LogP contribution in [0.15, 0.2) is 49.1 Å². The predicted molar refractivity (Wildman–Crippen MR) is 98.1 cm³/mol. The summed E-state index contributed by atoms with van der Waals surface area (Å²) in [6.07, 6.45) is 2.16. The van der Waals surface area contributed by atoms with Crippen LogP contribution in [0.5, 0.6) is 11.5 Å². The fraction of sp³-hybridized carbons (Fsp3) is 0.263. The minimum atomic E-state index is -3.67. The van der Waals surface area contributed by atoms with Gasteiger partial charge in [-0.25, -0.2) is 13.6 Å². The van der Waals surface area contributed by atoms with Gasteiger partial charge in [0.2, 0.25) is 10.0 Å². The third kappa shape index (κ3) is 3.15. The van der Waals surface area contributed by atoms with E-state index >= 15 is 0 Å². The van der Waals surface area contributed by atoms with E-state index in [1.807, 2.05) is 30.3 Å². The van der Waals surface area contributed by atoms with Crippen LogP contribution in [0.3, 0.4) is 0 Å². The molecule has 3 rings (SSSR count). The summed E-state index contributed by atoms with van der Waals surface area (Å²) in [7, 11) is -2.06. The molecule has 5 nitrogen and oxygen atoms in total. The summed E-state index contributed by atoms with van der Waals surface area (Å²) in [6, 6.07) is 11.2. The fourth-order valence-electron chi connectivity index (χ4n) is 3.11. The van der Waals surface area contributed by atoms with Gasteiger partial charge >= 0.3 is 0 Å². The van der Waals surface area contributed by atoms with Crippen LogP contribution in [0.1, 0.15) is 35.8 Å². The Labute approximate surface area is 148 Å². The number of benzene rings is 2. The quantitative estimate of drug-likeness (QED) is 0.825. The number of primary sulfonamides is 1. The number of methoxy groups -OCH3 is 1. The molecule has 0 saturated carbocycles. The van der Waals surface area contributed by atoms with E-state index < -0.39 is 15.3 Å². The summed E-state index contributed by atoms with van der Waals surface area (Å²) in [5.41, 5.74) is 3.38. The second kappa shape index (κ2) is 6.54. The van der Waals surface area contributed by atoms with Crippen molar-refractivity contribution < 1.29 is 17.9 Å². The molecular formula is C19H21NO4S. The first-order valence-corrected chi connectivity index (χ1v) is 9.58. The lowest BCUT2D eigenvalue weighted by Gasteiger charge is -2.30. The number of nitrogens with two attached hydrogens (primary N) is 1. The second-order valence-electron chi connectivity index (χ2n) is 6.04. The van der Waals surface area contributed by atoms with Crippen LogP contribution >= 0.6 is 0 Å². The summed E-state index contributed by atoms with van der Waals surface area (Å²) in [4.78, 5) is 0. The van der Waals surface area contributed by atoms with Crippen molar-refractivity contribution in [1.29, 1.82) is 0 Å². The number of ether oxygens (including phenoxy) is 2. The number of sulfonamides is 1. The maximum atomic E-state index is 11.7. The van der Waals surface area contributed by atoms with Gasteiger partial charge in [0.05, 0.1) is 17.9 Å². The molecule has 1 aliphatic rings. The zero-order chi connectivity index (χ0) is 18.2. The van der Waals surface area contributed by atoms with E-state index in [1.54, 1.807) is 26.2 Å². The maximum absolute atomic E-state index is 11.7. The first-order chi connectivity index (χ1) is 11.9. The minimum absolute atomic E-state index is 0.236. The molecular weight excluding hydrogens is 338 g/mol. The van der Waals surface area contributed by atoms with E-state index in [4.69, 9.17) is 14.6 Å². The summed E-state index contributed by atoms with van der Waals surface area (Å²) in [5.74, 6) is 1.45. The standard InChI is InChI=1S/C19H21NO4S/c1-4-6-16-15-11-13(12(2)25(20,21)22)9-10-14(15)19-17(23-3)7-5-8-18(19)24-16/h4-5,7-12,16H,1,6H2,2-3H3,(H2,20,21,22). The van der Waals surface area contributed by atoms with E-state index in [0.29, 0.717) is 17.7 Å². The van der Waals surface area contributed by atoms with Crippen molar-refractivity contribution in [2.45, 2.75) is 24.7 Å². The largest absolute Gasteiger partial charge is 0.496 e. The highest BCUT2D eigenvalue weighted by atomic mass is 32.2. The Morgan fingerprint density at radius 3 is 2.76 bits per heavy atom. The highest BCUT2D eigenvalue weighted by molar-refractivity contribution is 7.89. The van der Waals surface area contributed by atoms with Crippen LogP contribution in [-0.2, 0) is 10.0 Å². The molecule has 0 bridgehead atoms. The van der Waals surface area contributed by atoms with Crippen LogP contribution in [0, 0.1) is 0 Å². The molecule has 2 N–H and O–H groups in total. The van der Waals surface area contributed by atoms with Crippen LogP contribution in [-0.4, -0.2) is 15.5 Å². The number of hydrogen-bond acceptors (Lipinski definition) is 4. The molecule has 1 aliphatic heterocycles. The van der Waals surface area contributed by atoms with Crippen LogP contribution < -0.4 is 14.6 Å². The predicted octanol–water partition coefficient (Wildman–Crippen LogP) is 3.72. The van der Waals surface area contributed by atoms with Gasteiger partial charge in [0.1, 0.15) is 17.6 Å². The van der Waals surface area contributed by atoms with Crippen LogP contribution in [0.4, 0.5) is 0 Å². The van der Waals surface area contributed by atoms with E-state index in [1.165, 1.54) is 0 Å². The SMILES string of the molecule is C=CCC1Oc2cccc(OC)c2-c2ccc(C(C)S(N)(=O)=O)cc21. The highest BCUT2D eigenvalue weighted by Gasteiger charge is 2.29. The Hall–Kier alpha value is -2.31. The van der Waals surface area contributed by atoms with Gasteiger partial charge < -0.3 is 9.47 Å². The average Bonchev–Trinajstić information content (AvgIpc) is 2.59. The first-order valence-electron chi connectivity index (χ1n) is 7.97. The topological polar surface area (TPSA) is 78.6 Å². The van der Waals surface area contributed by atoms with Crippen molar-refractivity contribution >= 4 is 10.0 Å². The Bertz CT molecular complexity index is 921. The fourth-order valence-corrected chi connectivity index (χ4v) is 3.63. The Morgan fingerprint density at radius 1 is 1.36 bits per heavy atom. The van der Waals surface area contributed by atoms with E-state index in [9.17, 15) is 8.42 Å². The molecule has 1 heterocycles. The zero-order valence-electron chi connectivity index (χ0n) is 14.2. The lowest BCUT2D eigenvalue weighted by Crippen LogP contribution is -2.20. The highest BCUT2D eigenvalue weighted by Crippen LogP contribution is 2.48. The second-order valence-corrected chi connectivity index (χ2v) is 7.93. The van der Waals surface area contributed by atoms with Crippen LogP contribution in [0.2, 0.25) is 0 Å². The van der Waals surface area contributed by atoms with Gasteiger partial charge in [-0.3, -0.25) is 0 Å². The summed E-state index contributed by atoms with van der Waals surface area (Å²) >= 11 is 0. The summed E-state index contributed by atoms with van der Waals surface area (Å²) in [5, 5.41) is 4.52. The van der Waals surface area contributed by atoms with Gasteiger partial charge in [-0.15, -0.1) is 6.58 Å². The van der Waals surface area contributed by atoms with Gasteiger partial charge in [-0.1, -0.05) is 30.3 Å². The van der Waals surface area contributed by atoms with E-state index in [2.05, 4.69) is 6.58 Å². The summed E-state index contributed by atoms with van der Waals surface area (Å²) in [6.45, 7) is 5.37. The van der Waals surface area contributed by atoms with Gasteiger partial charge in [-0.2, -0.15) is 0 Å². The normalized spacial score (nSPS) is 17.0. The number of hydrogen-bond donors (Lipinski definition) is 1. The van der Waals surface area contributed by atoms with Crippen molar-refractivity contribution in [3.8, 4) is 22.6 Å². The van der Waals surface area contributed by atoms with Crippen LogP contribution in [0.25, 0.3) is 11.1 Å². The molecule has 6 heteroatoms. The monoisotopic (exact) mass is 359 g/mol. The number of rotatable bonds is 5. The van der Waals surface area contributed by atoms with Crippen molar-refractivity contribution in [3.63, 3.8) is 0 Å². The minimum Gasteiger partial charge on any atom is -0.496 e. The van der Waals surface area contributed by atoms with E-state index in [-0.39, 0.29) is 6.10 Å².